The summed E-state index contributed by atoms with van der Waals surface area (Å²) < 4.78 is 10.7. The third kappa shape index (κ3) is 3.05. The maximum atomic E-state index is 12.4. The summed E-state index contributed by atoms with van der Waals surface area (Å²) in [6.07, 6.45) is 0.974. The number of hydrogen-bond acceptors (Lipinski definition) is 5. The van der Waals surface area contributed by atoms with Gasteiger partial charge < -0.3 is 14.4 Å². The summed E-state index contributed by atoms with van der Waals surface area (Å²) in [4.78, 5) is 18.8. The lowest BCUT2D eigenvalue weighted by atomic mass is 10.1. The number of ether oxygens (including phenoxy) is 2. The van der Waals surface area contributed by atoms with E-state index >= 15 is 0 Å². The van der Waals surface area contributed by atoms with Gasteiger partial charge in [0.05, 0.1) is 19.8 Å². The molecule has 1 aromatic carbocycles. The topological polar surface area (TPSA) is 80.3 Å². The fourth-order valence-electron chi connectivity index (χ4n) is 3.05. The third-order valence-electron chi connectivity index (χ3n) is 4.51. The van der Waals surface area contributed by atoms with Crippen molar-refractivity contribution in [2.45, 2.75) is 12.3 Å². The Morgan fingerprint density at radius 2 is 1.92 bits per heavy atom. The van der Waals surface area contributed by atoms with Crippen molar-refractivity contribution in [1.82, 2.24) is 20.1 Å². The van der Waals surface area contributed by atoms with Crippen molar-refractivity contribution in [2.75, 3.05) is 39.5 Å². The molecule has 0 radical (unpaired) electrons. The minimum atomic E-state index is 0.0450. The normalized spacial score (nSPS) is 21.2. The molecule has 1 amide bonds. The number of nitrogens with zero attached hydrogens (tertiary/aromatic N) is 3. The van der Waals surface area contributed by atoms with E-state index in [4.69, 9.17) is 9.47 Å². The van der Waals surface area contributed by atoms with E-state index in [1.54, 1.807) is 0 Å². The van der Waals surface area contributed by atoms with Crippen molar-refractivity contribution < 1.29 is 14.3 Å². The van der Waals surface area contributed by atoms with Crippen LogP contribution >= 0.6 is 0 Å². The SMILES string of the molecule is O=C(c1ccc(-c2n[nH]c([C@H]3CCOC3)n2)cc1)N1CCOCC1. The molecule has 2 fully saturated rings. The van der Waals surface area contributed by atoms with E-state index in [0.29, 0.717) is 50.2 Å². The van der Waals surface area contributed by atoms with Crippen LogP contribution in [-0.4, -0.2) is 65.5 Å². The smallest absolute Gasteiger partial charge is 0.254 e. The van der Waals surface area contributed by atoms with Crippen LogP contribution in [0, 0.1) is 0 Å². The van der Waals surface area contributed by atoms with Crippen LogP contribution in [0.2, 0.25) is 0 Å². The number of H-pyrrole nitrogens is 1. The Kier molecular flexibility index (Phi) is 4.27. The first-order valence-corrected chi connectivity index (χ1v) is 8.29. The Bertz CT molecular complexity index is 701. The number of carbonyl (C=O) groups excluding carboxylic acids is 1. The number of aromatic nitrogens is 3. The molecular weight excluding hydrogens is 308 g/mol. The van der Waals surface area contributed by atoms with Gasteiger partial charge in [-0.2, -0.15) is 5.10 Å². The van der Waals surface area contributed by atoms with Gasteiger partial charge in [0.15, 0.2) is 5.82 Å². The third-order valence-corrected chi connectivity index (χ3v) is 4.51. The highest BCUT2D eigenvalue weighted by Gasteiger charge is 2.22. The highest BCUT2D eigenvalue weighted by atomic mass is 16.5. The average Bonchev–Trinajstić information content (AvgIpc) is 3.33. The van der Waals surface area contributed by atoms with Crippen LogP contribution in [0.25, 0.3) is 11.4 Å². The molecule has 1 atom stereocenters. The maximum Gasteiger partial charge on any atom is 0.254 e. The summed E-state index contributed by atoms with van der Waals surface area (Å²) >= 11 is 0. The molecule has 3 heterocycles. The first-order valence-electron chi connectivity index (χ1n) is 8.29. The van der Waals surface area contributed by atoms with Gasteiger partial charge in [0, 0.05) is 36.7 Å². The lowest BCUT2D eigenvalue weighted by Gasteiger charge is -2.26. The van der Waals surface area contributed by atoms with Crippen molar-refractivity contribution in [3.8, 4) is 11.4 Å². The molecule has 7 nitrogen and oxygen atoms in total. The predicted molar refractivity (Wildman–Crippen MR) is 86.7 cm³/mol. The van der Waals surface area contributed by atoms with Crippen LogP contribution in [0.3, 0.4) is 0 Å². The van der Waals surface area contributed by atoms with E-state index in [2.05, 4.69) is 15.2 Å². The van der Waals surface area contributed by atoms with E-state index in [1.807, 2.05) is 29.2 Å². The van der Waals surface area contributed by atoms with Gasteiger partial charge in [-0.25, -0.2) is 4.98 Å². The lowest BCUT2D eigenvalue weighted by molar-refractivity contribution is 0.0303. The van der Waals surface area contributed by atoms with E-state index < -0.39 is 0 Å². The number of nitrogens with one attached hydrogen (secondary N) is 1. The molecule has 2 saturated heterocycles. The van der Waals surface area contributed by atoms with Crippen LogP contribution in [0.1, 0.15) is 28.5 Å². The van der Waals surface area contributed by atoms with Gasteiger partial charge in [0.1, 0.15) is 5.82 Å². The van der Waals surface area contributed by atoms with Crippen LogP contribution in [0.4, 0.5) is 0 Å². The zero-order chi connectivity index (χ0) is 16.4. The molecular formula is C17H20N4O3. The number of amides is 1. The Labute approximate surface area is 140 Å². The van der Waals surface area contributed by atoms with Gasteiger partial charge in [0.25, 0.3) is 5.91 Å². The Hall–Kier alpha value is -2.25. The molecule has 4 rings (SSSR count). The molecule has 0 aliphatic carbocycles. The number of rotatable bonds is 3. The summed E-state index contributed by atoms with van der Waals surface area (Å²) in [6, 6.07) is 7.46. The molecule has 2 aliphatic rings. The number of hydrogen-bond donors (Lipinski definition) is 1. The number of benzene rings is 1. The Balaban J connectivity index is 1.48. The Morgan fingerprint density at radius 3 is 2.62 bits per heavy atom. The monoisotopic (exact) mass is 328 g/mol. The molecule has 2 aliphatic heterocycles. The molecule has 0 spiro atoms. The van der Waals surface area contributed by atoms with Crippen LogP contribution in [0.15, 0.2) is 24.3 Å². The minimum Gasteiger partial charge on any atom is -0.381 e. The first-order chi connectivity index (χ1) is 11.8. The van der Waals surface area contributed by atoms with E-state index in [1.165, 1.54) is 0 Å². The molecule has 1 N–H and O–H groups in total. The zero-order valence-electron chi connectivity index (χ0n) is 13.4. The second-order valence-corrected chi connectivity index (χ2v) is 6.09. The summed E-state index contributed by atoms with van der Waals surface area (Å²) in [5.74, 6) is 1.87. The molecule has 1 aromatic heterocycles. The van der Waals surface area contributed by atoms with E-state index in [-0.39, 0.29) is 5.91 Å². The molecule has 0 unspecified atom stereocenters. The van der Waals surface area contributed by atoms with Crippen molar-refractivity contribution in [2.24, 2.45) is 0 Å². The second-order valence-electron chi connectivity index (χ2n) is 6.09. The van der Waals surface area contributed by atoms with Crippen molar-refractivity contribution in [3.63, 3.8) is 0 Å². The molecule has 0 bridgehead atoms. The van der Waals surface area contributed by atoms with Gasteiger partial charge in [-0.05, 0) is 18.6 Å². The van der Waals surface area contributed by atoms with Gasteiger partial charge in [0.2, 0.25) is 0 Å². The van der Waals surface area contributed by atoms with Crippen LogP contribution < -0.4 is 0 Å². The lowest BCUT2D eigenvalue weighted by Crippen LogP contribution is -2.40. The van der Waals surface area contributed by atoms with Crippen molar-refractivity contribution >= 4 is 5.91 Å². The quantitative estimate of drug-likeness (QED) is 0.922. The summed E-state index contributed by atoms with van der Waals surface area (Å²) in [7, 11) is 0. The highest BCUT2D eigenvalue weighted by molar-refractivity contribution is 5.94. The van der Waals surface area contributed by atoms with Crippen molar-refractivity contribution in [1.29, 1.82) is 0 Å². The molecule has 24 heavy (non-hydrogen) atoms. The van der Waals surface area contributed by atoms with E-state index in [0.717, 1.165) is 24.4 Å². The highest BCUT2D eigenvalue weighted by Crippen LogP contribution is 2.24. The first kappa shape index (κ1) is 15.3. The summed E-state index contributed by atoms with van der Waals surface area (Å²) in [6.45, 7) is 3.98. The van der Waals surface area contributed by atoms with Gasteiger partial charge in [-0.3, -0.25) is 9.89 Å². The largest absolute Gasteiger partial charge is 0.381 e. The van der Waals surface area contributed by atoms with Gasteiger partial charge in [-0.1, -0.05) is 12.1 Å². The van der Waals surface area contributed by atoms with Gasteiger partial charge in [-0.15, -0.1) is 0 Å². The Morgan fingerprint density at radius 1 is 1.12 bits per heavy atom. The molecule has 2 aromatic rings. The molecule has 0 saturated carbocycles. The number of morpholine rings is 1. The minimum absolute atomic E-state index is 0.0450. The zero-order valence-corrected chi connectivity index (χ0v) is 13.4. The predicted octanol–water partition coefficient (Wildman–Crippen LogP) is 1.45. The van der Waals surface area contributed by atoms with Gasteiger partial charge >= 0.3 is 0 Å². The average molecular weight is 328 g/mol. The fourth-order valence-corrected chi connectivity index (χ4v) is 3.05. The second kappa shape index (κ2) is 6.70. The molecule has 126 valence electrons. The number of aromatic amines is 1. The van der Waals surface area contributed by atoms with Crippen LogP contribution in [-0.2, 0) is 9.47 Å². The van der Waals surface area contributed by atoms with E-state index in [9.17, 15) is 4.79 Å². The number of carbonyl (C=O) groups is 1. The summed E-state index contributed by atoms with van der Waals surface area (Å²) in [5, 5.41) is 7.30. The maximum absolute atomic E-state index is 12.4. The fraction of sp³-hybridized carbons (Fsp3) is 0.471. The van der Waals surface area contributed by atoms with Crippen LogP contribution in [0.5, 0.6) is 0 Å². The summed E-state index contributed by atoms with van der Waals surface area (Å²) in [5.41, 5.74) is 1.58. The molecule has 7 heteroatoms. The van der Waals surface area contributed by atoms with Crippen molar-refractivity contribution in [3.05, 3.63) is 35.7 Å². The standard InChI is InChI=1S/C17H20N4O3/c22-17(21-6-9-23-10-7-21)13-3-1-12(2-4-13)15-18-16(20-19-15)14-5-8-24-11-14/h1-4,14H,5-11H2,(H,18,19,20)/t14-/m0/s1.